The van der Waals surface area contributed by atoms with Gasteiger partial charge in [0, 0.05) is 37.2 Å². The number of methoxy groups -OCH3 is 3. The van der Waals surface area contributed by atoms with Crippen LogP contribution in [0.3, 0.4) is 0 Å². The second kappa shape index (κ2) is 20.7. The van der Waals surface area contributed by atoms with E-state index >= 15 is 0 Å². The highest BCUT2D eigenvalue weighted by Gasteiger charge is 2.15. The van der Waals surface area contributed by atoms with E-state index in [4.69, 9.17) is 9.47 Å². The molecule has 0 bridgehead atoms. The van der Waals surface area contributed by atoms with Crippen LogP contribution in [0.25, 0.3) is 0 Å². The first-order valence-electron chi connectivity index (χ1n) is 14.5. The Kier molecular flexibility index (Phi) is 15.8. The Bertz CT molecular complexity index is 1950. The number of ketones is 2. The lowest BCUT2D eigenvalue weighted by Crippen LogP contribution is -2.05. The van der Waals surface area contributed by atoms with Crippen molar-refractivity contribution in [1.29, 1.82) is 0 Å². The van der Waals surface area contributed by atoms with Crippen LogP contribution in [-0.4, -0.2) is 73.9 Å². The predicted molar refractivity (Wildman–Crippen MR) is 186 cm³/mol. The van der Waals surface area contributed by atoms with Crippen molar-refractivity contribution in [2.24, 2.45) is 0 Å². The third-order valence-corrected chi connectivity index (χ3v) is 6.60. The first kappa shape index (κ1) is 38.0. The molecule has 0 atom stereocenters. The molecule has 0 aliphatic heterocycles. The zero-order chi connectivity index (χ0) is 36.1. The van der Waals surface area contributed by atoms with Gasteiger partial charge in [-0.05, 0) is 70.5 Å². The van der Waals surface area contributed by atoms with Gasteiger partial charge in [-0.1, -0.05) is 18.2 Å². The van der Waals surface area contributed by atoms with Gasteiger partial charge in [0.2, 0.25) is 11.6 Å². The lowest BCUT2D eigenvalue weighted by atomic mass is 10.1. The van der Waals surface area contributed by atoms with Crippen LogP contribution in [0.4, 0.5) is 0 Å². The molecule has 0 amide bonds. The van der Waals surface area contributed by atoms with Gasteiger partial charge in [0.25, 0.3) is 0 Å². The van der Waals surface area contributed by atoms with E-state index in [0.29, 0.717) is 34.0 Å². The number of hydrogen-bond donors (Lipinski definition) is 1. The smallest absolute Gasteiger partial charge is 0.341 e. The van der Waals surface area contributed by atoms with Crippen LogP contribution >= 0.6 is 15.9 Å². The highest BCUT2D eigenvalue weighted by Crippen LogP contribution is 2.19. The van der Waals surface area contributed by atoms with Crippen LogP contribution in [0.1, 0.15) is 42.5 Å². The molecule has 6 heterocycles. The van der Waals surface area contributed by atoms with Crippen molar-refractivity contribution in [3.05, 3.63) is 161 Å². The SMILES string of the molecule is Brc1ccccn1.COC(=O)c1ccncc1OC.COc1cnccc1C(=O)c1ccccn1.O=C(c1ccccn1)c1ccncc1O. The quantitative estimate of drug-likeness (QED) is 0.117. The molecule has 0 unspecified atom stereocenters. The molecule has 50 heavy (non-hydrogen) atoms. The molecular formula is C36H31BrN6O7. The van der Waals surface area contributed by atoms with Crippen LogP contribution in [0.2, 0.25) is 0 Å². The summed E-state index contributed by atoms with van der Waals surface area (Å²) in [4.78, 5) is 58.1. The number of ether oxygens (including phenoxy) is 3. The largest absolute Gasteiger partial charge is 0.506 e. The molecule has 0 spiro atoms. The molecule has 6 aromatic heterocycles. The summed E-state index contributed by atoms with van der Waals surface area (Å²) >= 11 is 3.20. The molecule has 0 aromatic carbocycles. The maximum absolute atomic E-state index is 12.1. The summed E-state index contributed by atoms with van der Waals surface area (Å²) in [6.45, 7) is 0. The fraction of sp³-hybridized carbons (Fsp3) is 0.0833. The molecule has 0 aliphatic rings. The van der Waals surface area contributed by atoms with Gasteiger partial charge in [-0.3, -0.25) is 34.5 Å². The number of aromatic nitrogens is 6. The van der Waals surface area contributed by atoms with E-state index in [1.807, 2.05) is 18.2 Å². The molecule has 254 valence electrons. The molecule has 0 radical (unpaired) electrons. The molecule has 0 saturated carbocycles. The summed E-state index contributed by atoms with van der Waals surface area (Å²) < 4.78 is 15.4. The predicted octanol–water partition coefficient (Wildman–Crippen LogP) is 5.85. The van der Waals surface area contributed by atoms with Crippen molar-refractivity contribution in [3.8, 4) is 17.2 Å². The van der Waals surface area contributed by atoms with Gasteiger partial charge in [0.15, 0.2) is 5.75 Å². The van der Waals surface area contributed by atoms with Crippen LogP contribution in [0, 0.1) is 0 Å². The molecule has 1 N–H and O–H groups in total. The summed E-state index contributed by atoms with van der Waals surface area (Å²) in [5.41, 5.74) is 1.76. The van der Waals surface area contributed by atoms with E-state index in [9.17, 15) is 19.5 Å². The van der Waals surface area contributed by atoms with Crippen molar-refractivity contribution >= 4 is 33.5 Å². The minimum Gasteiger partial charge on any atom is -0.506 e. The summed E-state index contributed by atoms with van der Waals surface area (Å²) in [6, 6.07) is 20.6. The summed E-state index contributed by atoms with van der Waals surface area (Å²) in [5, 5.41) is 9.43. The van der Waals surface area contributed by atoms with Crippen LogP contribution in [0.15, 0.2) is 133 Å². The average Bonchev–Trinajstić information content (AvgIpc) is 3.19. The number of nitrogens with zero attached hydrogens (tertiary/aromatic N) is 6. The molecule has 14 heteroatoms. The fourth-order valence-electron chi connectivity index (χ4n) is 3.74. The van der Waals surface area contributed by atoms with Crippen molar-refractivity contribution in [1.82, 2.24) is 29.9 Å². The van der Waals surface area contributed by atoms with Gasteiger partial charge < -0.3 is 19.3 Å². The van der Waals surface area contributed by atoms with Crippen molar-refractivity contribution in [2.45, 2.75) is 0 Å². The number of carbonyl (C=O) groups is 3. The molecule has 6 rings (SSSR count). The molecule has 0 saturated heterocycles. The van der Waals surface area contributed by atoms with Crippen LogP contribution in [0.5, 0.6) is 17.2 Å². The van der Waals surface area contributed by atoms with Gasteiger partial charge in [-0.2, -0.15) is 0 Å². The van der Waals surface area contributed by atoms with Gasteiger partial charge in [-0.15, -0.1) is 0 Å². The zero-order valence-corrected chi connectivity index (χ0v) is 28.7. The van der Waals surface area contributed by atoms with E-state index in [1.165, 1.54) is 64.6 Å². The van der Waals surface area contributed by atoms with Crippen LogP contribution in [-0.2, 0) is 4.74 Å². The van der Waals surface area contributed by atoms with Gasteiger partial charge in [-0.25, -0.2) is 9.78 Å². The van der Waals surface area contributed by atoms with Crippen molar-refractivity contribution < 1.29 is 33.7 Å². The third-order valence-electron chi connectivity index (χ3n) is 6.13. The third kappa shape index (κ3) is 11.7. The maximum atomic E-state index is 12.1. The van der Waals surface area contributed by atoms with E-state index in [2.05, 4.69) is 50.6 Å². The monoisotopic (exact) mass is 738 g/mol. The lowest BCUT2D eigenvalue weighted by Gasteiger charge is -2.05. The number of aromatic hydroxyl groups is 1. The number of rotatable bonds is 7. The Hall–Kier alpha value is -6.41. The van der Waals surface area contributed by atoms with Crippen molar-refractivity contribution in [3.63, 3.8) is 0 Å². The Morgan fingerprint density at radius 3 is 1.44 bits per heavy atom. The van der Waals surface area contributed by atoms with Crippen molar-refractivity contribution in [2.75, 3.05) is 21.3 Å². The Balaban J connectivity index is 0.000000187. The molecule has 6 aromatic rings. The number of halogens is 1. The first-order valence-corrected chi connectivity index (χ1v) is 15.2. The zero-order valence-electron chi connectivity index (χ0n) is 27.1. The average molecular weight is 740 g/mol. The molecule has 0 aliphatic carbocycles. The maximum Gasteiger partial charge on any atom is 0.341 e. The number of hydrogen-bond acceptors (Lipinski definition) is 13. The summed E-state index contributed by atoms with van der Waals surface area (Å²) in [7, 11) is 4.30. The highest BCUT2D eigenvalue weighted by molar-refractivity contribution is 9.10. The topological polar surface area (TPSA) is 176 Å². The lowest BCUT2D eigenvalue weighted by molar-refractivity contribution is 0.0596. The highest BCUT2D eigenvalue weighted by atomic mass is 79.9. The van der Waals surface area contributed by atoms with Gasteiger partial charge >= 0.3 is 5.97 Å². The second-order valence-corrected chi connectivity index (χ2v) is 10.1. The van der Waals surface area contributed by atoms with E-state index in [1.54, 1.807) is 67.1 Å². The Morgan fingerprint density at radius 1 is 0.560 bits per heavy atom. The fourth-order valence-corrected chi connectivity index (χ4v) is 4.01. The molecular weight excluding hydrogens is 708 g/mol. The Morgan fingerprint density at radius 2 is 1.02 bits per heavy atom. The molecule has 0 fully saturated rings. The summed E-state index contributed by atoms with van der Waals surface area (Å²) in [6.07, 6.45) is 13.6. The van der Waals surface area contributed by atoms with Gasteiger partial charge in [0.05, 0.1) is 51.0 Å². The minimum absolute atomic E-state index is 0.131. The number of pyridine rings is 6. The van der Waals surface area contributed by atoms with E-state index < -0.39 is 5.97 Å². The minimum atomic E-state index is -0.422. The van der Waals surface area contributed by atoms with Crippen LogP contribution < -0.4 is 9.47 Å². The first-order chi connectivity index (χ1) is 24.3. The van der Waals surface area contributed by atoms with E-state index in [-0.39, 0.29) is 22.9 Å². The normalized spacial score (nSPS) is 9.52. The second-order valence-electron chi connectivity index (χ2n) is 9.28. The standard InChI is InChI=1S/C12H10N2O2.C11H8N2O2.C8H9NO3.C5H4BrN/c1-16-11-8-13-7-5-9(11)12(15)10-4-2-3-6-14-10;14-10-7-12-6-4-8(10)11(15)9-3-1-2-5-13-9;1-11-7-5-9-4-3-6(7)8(10)12-2;6-5-3-1-2-4-7-5/h2-8H,1H3;1-7,14H;3-5H,1-2H3;1-4H. The molecule has 13 nitrogen and oxygen atoms in total. The van der Waals surface area contributed by atoms with Gasteiger partial charge in [0.1, 0.15) is 33.1 Å². The van der Waals surface area contributed by atoms with E-state index in [0.717, 1.165) is 4.60 Å². The summed E-state index contributed by atoms with van der Waals surface area (Å²) in [5.74, 6) is -0.153. The number of esters is 1. The Labute approximate surface area is 296 Å². The number of carbonyl (C=O) groups excluding carboxylic acids is 3.